The summed E-state index contributed by atoms with van der Waals surface area (Å²) in [5.74, 6) is 2.13. The summed E-state index contributed by atoms with van der Waals surface area (Å²) < 4.78 is 0. The first-order valence-corrected chi connectivity index (χ1v) is 7.02. The van der Waals surface area contributed by atoms with E-state index in [2.05, 4.69) is 6.07 Å². The van der Waals surface area contributed by atoms with Gasteiger partial charge in [-0.2, -0.15) is 0 Å². The molecule has 16 heavy (non-hydrogen) atoms. The first-order valence-electron chi connectivity index (χ1n) is 6.03. The molecule has 0 aliphatic heterocycles. The lowest BCUT2D eigenvalue weighted by molar-refractivity contribution is 0.391. The molecule has 1 aromatic rings. The highest BCUT2D eigenvalue weighted by Crippen LogP contribution is 2.31. The quantitative estimate of drug-likeness (QED) is 0.623. The van der Waals surface area contributed by atoms with Gasteiger partial charge in [0.25, 0.3) is 0 Å². The zero-order chi connectivity index (χ0) is 11.4. The van der Waals surface area contributed by atoms with Crippen LogP contribution < -0.4 is 11.5 Å². The molecule has 88 valence electrons. The summed E-state index contributed by atoms with van der Waals surface area (Å²) in [6, 6.07) is 5.96. The van der Waals surface area contributed by atoms with E-state index >= 15 is 0 Å². The molecule has 2 rings (SSSR count). The lowest BCUT2D eigenvalue weighted by Gasteiger charge is -2.21. The zero-order valence-electron chi connectivity index (χ0n) is 9.61. The SMILES string of the molecule is Nc1ccc(SCC2CCCCC2)cc1N. The van der Waals surface area contributed by atoms with Gasteiger partial charge >= 0.3 is 0 Å². The van der Waals surface area contributed by atoms with Gasteiger partial charge in [0.15, 0.2) is 0 Å². The van der Waals surface area contributed by atoms with Crippen LogP contribution in [0.3, 0.4) is 0 Å². The van der Waals surface area contributed by atoms with Crippen molar-refractivity contribution >= 4 is 23.1 Å². The van der Waals surface area contributed by atoms with E-state index in [9.17, 15) is 0 Å². The number of anilines is 2. The molecule has 4 N–H and O–H groups in total. The van der Waals surface area contributed by atoms with E-state index in [1.807, 2.05) is 23.9 Å². The number of thioether (sulfide) groups is 1. The van der Waals surface area contributed by atoms with Crippen LogP contribution in [0, 0.1) is 5.92 Å². The molecule has 0 amide bonds. The summed E-state index contributed by atoms with van der Waals surface area (Å²) in [6.45, 7) is 0. The Bertz CT molecular complexity index is 346. The van der Waals surface area contributed by atoms with Crippen LogP contribution in [0.5, 0.6) is 0 Å². The summed E-state index contributed by atoms with van der Waals surface area (Å²) in [4.78, 5) is 1.25. The van der Waals surface area contributed by atoms with Gasteiger partial charge in [-0.3, -0.25) is 0 Å². The molecule has 2 nitrogen and oxygen atoms in total. The number of nitrogens with two attached hydrogens (primary N) is 2. The Morgan fingerprint density at radius 3 is 2.50 bits per heavy atom. The maximum absolute atomic E-state index is 5.79. The Balaban J connectivity index is 1.86. The van der Waals surface area contributed by atoms with Crippen LogP contribution in [0.2, 0.25) is 0 Å². The van der Waals surface area contributed by atoms with Gasteiger partial charge in [0.2, 0.25) is 0 Å². The fraction of sp³-hybridized carbons (Fsp3) is 0.538. The average Bonchev–Trinajstić information content (AvgIpc) is 2.32. The van der Waals surface area contributed by atoms with Crippen molar-refractivity contribution < 1.29 is 0 Å². The van der Waals surface area contributed by atoms with E-state index in [0.29, 0.717) is 11.4 Å². The van der Waals surface area contributed by atoms with Gasteiger partial charge < -0.3 is 11.5 Å². The predicted molar refractivity (Wildman–Crippen MR) is 72.6 cm³/mol. The third-order valence-electron chi connectivity index (χ3n) is 3.27. The molecule has 1 fully saturated rings. The van der Waals surface area contributed by atoms with Crippen molar-refractivity contribution in [2.45, 2.75) is 37.0 Å². The Morgan fingerprint density at radius 1 is 1.06 bits per heavy atom. The third-order valence-corrected chi connectivity index (χ3v) is 4.49. The Morgan fingerprint density at radius 2 is 1.81 bits per heavy atom. The molecular formula is C13H20N2S. The lowest BCUT2D eigenvalue weighted by atomic mass is 9.91. The molecule has 0 heterocycles. The highest BCUT2D eigenvalue weighted by atomic mass is 32.2. The van der Waals surface area contributed by atoms with Crippen molar-refractivity contribution in [3.8, 4) is 0 Å². The third kappa shape index (κ3) is 3.08. The standard InChI is InChI=1S/C13H20N2S/c14-12-7-6-11(8-13(12)15)16-9-10-4-2-1-3-5-10/h6-8,10H,1-5,9,14-15H2. The van der Waals surface area contributed by atoms with Crippen LogP contribution in [0.15, 0.2) is 23.1 Å². The van der Waals surface area contributed by atoms with Gasteiger partial charge in [-0.05, 0) is 37.0 Å². The average molecular weight is 236 g/mol. The van der Waals surface area contributed by atoms with Gasteiger partial charge in [-0.1, -0.05) is 19.3 Å². The monoisotopic (exact) mass is 236 g/mol. The largest absolute Gasteiger partial charge is 0.397 e. The molecule has 0 atom stereocenters. The van der Waals surface area contributed by atoms with Crippen molar-refractivity contribution in [2.75, 3.05) is 17.2 Å². The summed E-state index contributed by atoms with van der Waals surface area (Å²) in [5.41, 5.74) is 12.9. The summed E-state index contributed by atoms with van der Waals surface area (Å²) in [6.07, 6.45) is 7.05. The van der Waals surface area contributed by atoms with Crippen LogP contribution in [0.4, 0.5) is 11.4 Å². The molecule has 0 radical (unpaired) electrons. The van der Waals surface area contributed by atoms with E-state index in [-0.39, 0.29) is 0 Å². The number of benzene rings is 1. The second-order valence-electron chi connectivity index (χ2n) is 4.61. The fourth-order valence-corrected chi connectivity index (χ4v) is 3.35. The Kier molecular flexibility index (Phi) is 3.99. The van der Waals surface area contributed by atoms with Crippen molar-refractivity contribution in [1.29, 1.82) is 0 Å². The number of hydrogen-bond acceptors (Lipinski definition) is 3. The Labute approximate surface area is 102 Å². The normalized spacial score (nSPS) is 17.5. The second kappa shape index (κ2) is 5.48. The first kappa shape index (κ1) is 11.6. The molecule has 0 unspecified atom stereocenters. The fourth-order valence-electron chi connectivity index (χ4n) is 2.21. The summed E-state index contributed by atoms with van der Waals surface area (Å²) >= 11 is 1.91. The summed E-state index contributed by atoms with van der Waals surface area (Å²) in [5, 5.41) is 0. The topological polar surface area (TPSA) is 52.0 Å². The van der Waals surface area contributed by atoms with E-state index in [0.717, 1.165) is 5.92 Å². The maximum atomic E-state index is 5.79. The zero-order valence-corrected chi connectivity index (χ0v) is 10.4. The minimum atomic E-state index is 0.682. The van der Waals surface area contributed by atoms with Crippen LogP contribution in [-0.4, -0.2) is 5.75 Å². The van der Waals surface area contributed by atoms with Gasteiger partial charge in [0.05, 0.1) is 11.4 Å². The highest BCUT2D eigenvalue weighted by Gasteiger charge is 2.13. The highest BCUT2D eigenvalue weighted by molar-refractivity contribution is 7.99. The lowest BCUT2D eigenvalue weighted by Crippen LogP contribution is -2.08. The molecule has 3 heteroatoms. The van der Waals surface area contributed by atoms with E-state index in [1.54, 1.807) is 0 Å². The predicted octanol–water partition coefficient (Wildman–Crippen LogP) is 3.52. The molecule has 0 spiro atoms. The number of rotatable bonds is 3. The smallest absolute Gasteiger partial charge is 0.0559 e. The molecule has 1 aromatic carbocycles. The van der Waals surface area contributed by atoms with Gasteiger partial charge in [-0.25, -0.2) is 0 Å². The number of nitrogen functional groups attached to an aromatic ring is 2. The van der Waals surface area contributed by atoms with Gasteiger partial charge in [-0.15, -0.1) is 11.8 Å². The van der Waals surface area contributed by atoms with E-state index in [4.69, 9.17) is 11.5 Å². The van der Waals surface area contributed by atoms with E-state index < -0.39 is 0 Å². The summed E-state index contributed by atoms with van der Waals surface area (Å²) in [7, 11) is 0. The molecule has 0 saturated heterocycles. The molecule has 0 aromatic heterocycles. The molecule has 0 bridgehead atoms. The van der Waals surface area contributed by atoms with Crippen LogP contribution >= 0.6 is 11.8 Å². The Hall–Kier alpha value is -0.830. The van der Waals surface area contributed by atoms with Crippen LogP contribution in [0.1, 0.15) is 32.1 Å². The molecular weight excluding hydrogens is 216 g/mol. The van der Waals surface area contributed by atoms with Gasteiger partial charge in [0.1, 0.15) is 0 Å². The van der Waals surface area contributed by atoms with E-state index in [1.165, 1.54) is 42.8 Å². The second-order valence-corrected chi connectivity index (χ2v) is 5.70. The number of hydrogen-bond donors (Lipinski definition) is 2. The van der Waals surface area contributed by atoms with Crippen molar-refractivity contribution in [3.63, 3.8) is 0 Å². The van der Waals surface area contributed by atoms with Crippen molar-refractivity contribution in [1.82, 2.24) is 0 Å². The maximum Gasteiger partial charge on any atom is 0.0559 e. The van der Waals surface area contributed by atoms with Gasteiger partial charge in [0, 0.05) is 10.6 Å². The van der Waals surface area contributed by atoms with Crippen molar-refractivity contribution in [3.05, 3.63) is 18.2 Å². The first-order chi connectivity index (χ1) is 7.75. The molecule has 1 saturated carbocycles. The minimum absolute atomic E-state index is 0.682. The van der Waals surface area contributed by atoms with Crippen LogP contribution in [0.25, 0.3) is 0 Å². The minimum Gasteiger partial charge on any atom is -0.397 e. The molecule has 1 aliphatic rings. The molecule has 1 aliphatic carbocycles. The van der Waals surface area contributed by atoms with Crippen LogP contribution in [-0.2, 0) is 0 Å². The van der Waals surface area contributed by atoms with Crippen molar-refractivity contribution in [2.24, 2.45) is 5.92 Å².